The molecule has 156 valence electrons. The fraction of sp³-hybridized carbons (Fsp3) is 0.524. The predicted molar refractivity (Wildman–Crippen MR) is 106 cm³/mol. The van der Waals surface area contributed by atoms with Crippen LogP contribution in [-0.2, 0) is 9.53 Å². The number of fused-ring (bicyclic) bond motifs is 1. The van der Waals surface area contributed by atoms with Crippen LogP contribution in [0.3, 0.4) is 0 Å². The van der Waals surface area contributed by atoms with Crippen LogP contribution in [0.4, 0.5) is 0 Å². The van der Waals surface area contributed by atoms with Crippen molar-refractivity contribution in [2.24, 2.45) is 0 Å². The zero-order chi connectivity index (χ0) is 21.3. The maximum Gasteiger partial charge on any atom is 0.262 e. The van der Waals surface area contributed by atoms with Crippen LogP contribution in [0.5, 0.6) is 0 Å². The first kappa shape index (κ1) is 21.0. The highest BCUT2D eigenvalue weighted by Gasteiger charge is 2.42. The normalized spacial score (nSPS) is 17.4. The summed E-state index contributed by atoms with van der Waals surface area (Å²) in [5.41, 5.74) is 0.328. The zero-order valence-corrected chi connectivity index (χ0v) is 17.4. The van der Waals surface area contributed by atoms with E-state index in [2.05, 4.69) is 0 Å². The van der Waals surface area contributed by atoms with Gasteiger partial charge in [0.15, 0.2) is 0 Å². The fourth-order valence-corrected chi connectivity index (χ4v) is 3.75. The molecule has 0 aliphatic carbocycles. The fourth-order valence-electron chi connectivity index (χ4n) is 3.75. The van der Waals surface area contributed by atoms with E-state index in [4.69, 9.17) is 4.74 Å². The molecular weight excluding hydrogens is 374 g/mol. The van der Waals surface area contributed by atoms with Crippen LogP contribution in [0, 0.1) is 0 Å². The number of hydrogen-bond acceptors (Lipinski definition) is 5. The molecule has 0 radical (unpaired) electrons. The minimum atomic E-state index is -0.639. The number of hydrogen-bond donors (Lipinski definition) is 0. The molecule has 0 spiro atoms. The topological polar surface area (TPSA) is 87.2 Å². The monoisotopic (exact) mass is 401 g/mol. The highest BCUT2D eigenvalue weighted by molar-refractivity contribution is 6.22. The summed E-state index contributed by atoms with van der Waals surface area (Å²) in [6.45, 7) is 7.37. The van der Waals surface area contributed by atoms with Gasteiger partial charge in [-0.15, -0.1) is 0 Å². The lowest BCUT2D eigenvalue weighted by Crippen LogP contribution is -2.45. The van der Waals surface area contributed by atoms with Crippen molar-refractivity contribution in [3.63, 3.8) is 0 Å². The molecule has 8 nitrogen and oxygen atoms in total. The Hall–Kier alpha value is -2.74. The molecule has 0 unspecified atom stereocenters. The lowest BCUT2D eigenvalue weighted by atomic mass is 10.0. The summed E-state index contributed by atoms with van der Waals surface area (Å²) in [6, 6.07) is 4.67. The van der Waals surface area contributed by atoms with Gasteiger partial charge in [-0.25, -0.2) is 0 Å². The molecule has 8 heteroatoms. The van der Waals surface area contributed by atoms with Gasteiger partial charge >= 0.3 is 0 Å². The van der Waals surface area contributed by atoms with Crippen LogP contribution in [0.25, 0.3) is 0 Å². The summed E-state index contributed by atoms with van der Waals surface area (Å²) in [5, 5.41) is 0. The summed E-state index contributed by atoms with van der Waals surface area (Å²) in [6.07, 6.45) is 0.668. The van der Waals surface area contributed by atoms with E-state index in [9.17, 15) is 19.2 Å². The standard InChI is InChI=1S/C21H27N3O5/c1-21(2,3)24-19(27)15-7-6-14(12-16(15)20(24)28)18(26)23-9-5-8-22(10-11-23)17(25)13-29-4/h6-7,12H,5,8-11,13H2,1-4H3. The Labute approximate surface area is 170 Å². The molecule has 2 heterocycles. The van der Waals surface area contributed by atoms with Gasteiger partial charge in [0.1, 0.15) is 6.61 Å². The molecule has 0 aromatic heterocycles. The maximum absolute atomic E-state index is 13.0. The first-order chi connectivity index (χ1) is 13.6. The van der Waals surface area contributed by atoms with Gasteiger partial charge in [-0.2, -0.15) is 0 Å². The van der Waals surface area contributed by atoms with Crippen molar-refractivity contribution in [1.82, 2.24) is 14.7 Å². The van der Waals surface area contributed by atoms with Crippen LogP contribution < -0.4 is 0 Å². The molecule has 0 bridgehead atoms. The summed E-state index contributed by atoms with van der Waals surface area (Å²) in [5.74, 6) is -1.01. The van der Waals surface area contributed by atoms with Crippen molar-refractivity contribution in [2.45, 2.75) is 32.7 Å². The largest absolute Gasteiger partial charge is 0.375 e. The summed E-state index contributed by atoms with van der Waals surface area (Å²) in [4.78, 5) is 55.0. The molecule has 1 aromatic rings. The molecule has 0 N–H and O–H groups in total. The van der Waals surface area contributed by atoms with E-state index in [0.717, 1.165) is 0 Å². The van der Waals surface area contributed by atoms with Crippen molar-refractivity contribution in [3.8, 4) is 0 Å². The van der Waals surface area contributed by atoms with E-state index >= 15 is 0 Å². The summed E-state index contributed by atoms with van der Waals surface area (Å²) < 4.78 is 4.90. The summed E-state index contributed by atoms with van der Waals surface area (Å²) in [7, 11) is 1.48. The van der Waals surface area contributed by atoms with E-state index < -0.39 is 5.54 Å². The van der Waals surface area contributed by atoms with Crippen molar-refractivity contribution < 1.29 is 23.9 Å². The molecule has 0 saturated carbocycles. The van der Waals surface area contributed by atoms with Gasteiger partial charge in [0.05, 0.1) is 11.1 Å². The Morgan fingerprint density at radius 1 is 0.966 bits per heavy atom. The minimum absolute atomic E-state index is 0.0270. The number of amides is 4. The van der Waals surface area contributed by atoms with E-state index in [1.54, 1.807) is 42.7 Å². The van der Waals surface area contributed by atoms with Gasteiger partial charge in [-0.3, -0.25) is 24.1 Å². The highest BCUT2D eigenvalue weighted by Crippen LogP contribution is 2.30. The van der Waals surface area contributed by atoms with Gasteiger partial charge in [0.2, 0.25) is 5.91 Å². The van der Waals surface area contributed by atoms with Crippen molar-refractivity contribution in [2.75, 3.05) is 39.9 Å². The molecule has 3 rings (SSSR count). The van der Waals surface area contributed by atoms with E-state index in [1.165, 1.54) is 18.1 Å². The Bertz CT molecular complexity index is 858. The maximum atomic E-state index is 13.0. The third kappa shape index (κ3) is 4.03. The number of rotatable bonds is 3. The van der Waals surface area contributed by atoms with Crippen LogP contribution in [-0.4, -0.2) is 83.8 Å². The Kier molecular flexibility index (Phi) is 5.75. The SMILES string of the molecule is COCC(=O)N1CCCN(C(=O)c2ccc3c(c2)C(=O)N(C(C)(C)C)C3=O)CC1. The molecule has 0 atom stereocenters. The van der Waals surface area contributed by atoms with E-state index in [-0.39, 0.29) is 35.8 Å². The number of nitrogens with zero attached hydrogens (tertiary/aromatic N) is 3. The van der Waals surface area contributed by atoms with E-state index in [1.807, 2.05) is 0 Å². The van der Waals surface area contributed by atoms with Gasteiger partial charge in [-0.05, 0) is 45.4 Å². The second-order valence-corrected chi connectivity index (χ2v) is 8.34. The molecule has 2 aliphatic rings. The first-order valence-electron chi connectivity index (χ1n) is 9.74. The van der Waals surface area contributed by atoms with Crippen LogP contribution in [0.2, 0.25) is 0 Å². The Balaban J connectivity index is 1.77. The molecule has 1 aromatic carbocycles. The van der Waals surface area contributed by atoms with Crippen molar-refractivity contribution >= 4 is 23.6 Å². The van der Waals surface area contributed by atoms with E-state index in [0.29, 0.717) is 43.7 Å². The molecule has 1 fully saturated rings. The lowest BCUT2D eigenvalue weighted by Gasteiger charge is -2.29. The average molecular weight is 401 g/mol. The van der Waals surface area contributed by atoms with Gasteiger partial charge in [-0.1, -0.05) is 0 Å². The quantitative estimate of drug-likeness (QED) is 0.715. The molecule has 29 heavy (non-hydrogen) atoms. The molecule has 1 saturated heterocycles. The summed E-state index contributed by atoms with van der Waals surface area (Å²) >= 11 is 0. The number of carbonyl (C=O) groups excluding carboxylic acids is 4. The number of ether oxygens (including phenoxy) is 1. The van der Waals surface area contributed by atoms with Gasteiger partial charge < -0.3 is 14.5 Å². The van der Waals surface area contributed by atoms with Crippen LogP contribution >= 0.6 is 0 Å². The number of imide groups is 1. The molecule has 2 aliphatic heterocycles. The third-order valence-electron chi connectivity index (χ3n) is 5.21. The van der Waals surface area contributed by atoms with Crippen LogP contribution in [0.15, 0.2) is 18.2 Å². The van der Waals surface area contributed by atoms with Crippen molar-refractivity contribution in [3.05, 3.63) is 34.9 Å². The van der Waals surface area contributed by atoms with Gasteiger partial charge in [0, 0.05) is 44.4 Å². The molecular formula is C21H27N3O5. The second-order valence-electron chi connectivity index (χ2n) is 8.34. The highest BCUT2D eigenvalue weighted by atomic mass is 16.5. The second kappa shape index (κ2) is 7.94. The third-order valence-corrected chi connectivity index (χ3v) is 5.21. The Morgan fingerprint density at radius 2 is 1.59 bits per heavy atom. The zero-order valence-electron chi connectivity index (χ0n) is 17.4. The van der Waals surface area contributed by atoms with Gasteiger partial charge in [0.25, 0.3) is 17.7 Å². The smallest absolute Gasteiger partial charge is 0.262 e. The first-order valence-corrected chi connectivity index (χ1v) is 9.74. The van der Waals surface area contributed by atoms with Crippen LogP contribution in [0.1, 0.15) is 58.3 Å². The molecule has 4 amide bonds. The minimum Gasteiger partial charge on any atom is -0.375 e. The number of benzene rings is 1. The number of carbonyl (C=O) groups is 4. The lowest BCUT2D eigenvalue weighted by molar-refractivity contribution is -0.135. The van der Waals surface area contributed by atoms with Crippen molar-refractivity contribution in [1.29, 1.82) is 0 Å². The Morgan fingerprint density at radius 3 is 2.24 bits per heavy atom. The predicted octanol–water partition coefficient (Wildman–Crippen LogP) is 1.40. The average Bonchev–Trinajstić information content (AvgIpc) is 2.82. The number of methoxy groups -OCH3 is 1.